The predicted octanol–water partition coefficient (Wildman–Crippen LogP) is 6.51. The number of hydrogen-bond donors (Lipinski definition) is 0. The molecule has 0 aliphatic rings. The molecular formula is C21H19ClFN. The molecule has 1 heterocycles. The number of rotatable bonds is 2. The van der Waals surface area contributed by atoms with Crippen LogP contribution >= 0.6 is 11.6 Å². The maximum Gasteiger partial charge on any atom is 0.124 e. The fraction of sp³-hybridized carbons (Fsp3) is 0.190. The van der Waals surface area contributed by atoms with Crippen molar-refractivity contribution in [1.29, 1.82) is 0 Å². The van der Waals surface area contributed by atoms with Gasteiger partial charge in [-0.25, -0.2) is 4.39 Å². The SMILES string of the molecule is CC(C)(C)c1cc(-c2cc(F)cc(-c3ccccc3Cl)c2)ccn1. The molecule has 0 aliphatic carbocycles. The molecule has 3 rings (SSSR count). The van der Waals surface area contributed by atoms with Crippen molar-refractivity contribution in [2.75, 3.05) is 0 Å². The van der Waals surface area contributed by atoms with E-state index in [1.54, 1.807) is 12.3 Å². The molecule has 0 radical (unpaired) electrons. The lowest BCUT2D eigenvalue weighted by Gasteiger charge is -2.18. The van der Waals surface area contributed by atoms with Crippen LogP contribution in [0.1, 0.15) is 26.5 Å². The molecule has 0 amide bonds. The van der Waals surface area contributed by atoms with Gasteiger partial charge in [0.1, 0.15) is 5.82 Å². The van der Waals surface area contributed by atoms with Crippen LogP contribution in [-0.4, -0.2) is 4.98 Å². The van der Waals surface area contributed by atoms with Crippen LogP contribution in [0.4, 0.5) is 4.39 Å². The van der Waals surface area contributed by atoms with Gasteiger partial charge in [-0.15, -0.1) is 0 Å². The van der Waals surface area contributed by atoms with Gasteiger partial charge in [0.2, 0.25) is 0 Å². The summed E-state index contributed by atoms with van der Waals surface area (Å²) in [6, 6.07) is 16.4. The Balaban J connectivity index is 2.12. The first kappa shape index (κ1) is 16.7. The highest BCUT2D eigenvalue weighted by molar-refractivity contribution is 6.33. The quantitative estimate of drug-likeness (QED) is 0.519. The Hall–Kier alpha value is -2.19. The van der Waals surface area contributed by atoms with Crippen molar-refractivity contribution in [2.45, 2.75) is 26.2 Å². The van der Waals surface area contributed by atoms with Gasteiger partial charge >= 0.3 is 0 Å². The first-order chi connectivity index (χ1) is 11.3. The van der Waals surface area contributed by atoms with Crippen LogP contribution in [0, 0.1) is 5.82 Å². The lowest BCUT2D eigenvalue weighted by atomic mass is 9.89. The summed E-state index contributed by atoms with van der Waals surface area (Å²) in [6.45, 7) is 6.33. The molecule has 0 fully saturated rings. The van der Waals surface area contributed by atoms with Crippen LogP contribution in [0.3, 0.4) is 0 Å². The fourth-order valence-corrected chi connectivity index (χ4v) is 2.87. The number of halogens is 2. The van der Waals surface area contributed by atoms with Crippen molar-refractivity contribution in [3.8, 4) is 22.3 Å². The minimum atomic E-state index is -0.281. The average molecular weight is 340 g/mol. The van der Waals surface area contributed by atoms with E-state index in [1.165, 1.54) is 6.07 Å². The number of benzene rings is 2. The molecule has 0 saturated heterocycles. The molecule has 0 saturated carbocycles. The molecule has 2 aromatic carbocycles. The van der Waals surface area contributed by atoms with Crippen LogP contribution in [-0.2, 0) is 5.41 Å². The van der Waals surface area contributed by atoms with Gasteiger partial charge < -0.3 is 0 Å². The maximum absolute atomic E-state index is 14.2. The van der Waals surface area contributed by atoms with Crippen LogP contribution in [0.5, 0.6) is 0 Å². The van der Waals surface area contributed by atoms with Crippen molar-refractivity contribution < 1.29 is 4.39 Å². The van der Waals surface area contributed by atoms with E-state index < -0.39 is 0 Å². The maximum atomic E-state index is 14.2. The topological polar surface area (TPSA) is 12.9 Å². The van der Waals surface area contributed by atoms with Crippen LogP contribution in [0.15, 0.2) is 60.8 Å². The number of pyridine rings is 1. The Labute approximate surface area is 147 Å². The third kappa shape index (κ3) is 3.49. The molecule has 0 aliphatic heterocycles. The molecule has 0 atom stereocenters. The normalized spacial score (nSPS) is 11.5. The molecule has 3 heteroatoms. The van der Waals surface area contributed by atoms with Gasteiger partial charge in [-0.05, 0) is 53.1 Å². The second kappa shape index (κ2) is 6.37. The lowest BCUT2D eigenvalue weighted by molar-refractivity contribution is 0.569. The average Bonchev–Trinajstić information content (AvgIpc) is 2.54. The summed E-state index contributed by atoms with van der Waals surface area (Å²) in [5.74, 6) is -0.281. The lowest BCUT2D eigenvalue weighted by Crippen LogP contribution is -2.13. The van der Waals surface area contributed by atoms with E-state index in [1.807, 2.05) is 42.5 Å². The zero-order valence-corrected chi connectivity index (χ0v) is 14.7. The van der Waals surface area contributed by atoms with Gasteiger partial charge in [0, 0.05) is 27.9 Å². The van der Waals surface area contributed by atoms with Crippen molar-refractivity contribution >= 4 is 11.6 Å². The van der Waals surface area contributed by atoms with E-state index in [-0.39, 0.29) is 11.2 Å². The first-order valence-corrected chi connectivity index (χ1v) is 8.25. The summed E-state index contributed by atoms with van der Waals surface area (Å²) in [5.41, 5.74) is 4.27. The van der Waals surface area contributed by atoms with E-state index in [9.17, 15) is 4.39 Å². The Morgan fingerprint density at radius 2 is 1.58 bits per heavy atom. The second-order valence-corrected chi connectivity index (χ2v) is 7.30. The van der Waals surface area contributed by atoms with Crippen molar-refractivity contribution in [2.24, 2.45) is 0 Å². The molecule has 122 valence electrons. The summed E-state index contributed by atoms with van der Waals surface area (Å²) in [5, 5.41) is 0.610. The summed E-state index contributed by atoms with van der Waals surface area (Å²) >= 11 is 6.26. The van der Waals surface area contributed by atoms with Gasteiger partial charge in [-0.1, -0.05) is 50.6 Å². The Morgan fingerprint density at radius 1 is 0.875 bits per heavy atom. The summed E-state index contributed by atoms with van der Waals surface area (Å²) in [6.07, 6.45) is 1.77. The fourth-order valence-electron chi connectivity index (χ4n) is 2.63. The monoisotopic (exact) mass is 339 g/mol. The third-order valence-electron chi connectivity index (χ3n) is 3.94. The van der Waals surface area contributed by atoms with Gasteiger partial charge in [-0.2, -0.15) is 0 Å². The zero-order chi connectivity index (χ0) is 17.3. The molecular weight excluding hydrogens is 321 g/mol. The molecule has 3 aromatic rings. The van der Waals surface area contributed by atoms with Crippen molar-refractivity contribution in [1.82, 2.24) is 4.98 Å². The van der Waals surface area contributed by atoms with Crippen LogP contribution < -0.4 is 0 Å². The van der Waals surface area contributed by atoms with Gasteiger partial charge in [0.05, 0.1) is 0 Å². The predicted molar refractivity (Wildman–Crippen MR) is 98.8 cm³/mol. The van der Waals surface area contributed by atoms with Crippen LogP contribution in [0.25, 0.3) is 22.3 Å². The molecule has 0 unspecified atom stereocenters. The summed E-state index contributed by atoms with van der Waals surface area (Å²) < 4.78 is 14.2. The highest BCUT2D eigenvalue weighted by Crippen LogP contribution is 2.33. The Morgan fingerprint density at radius 3 is 2.29 bits per heavy atom. The Bertz CT molecular complexity index is 881. The van der Waals surface area contributed by atoms with Crippen LogP contribution in [0.2, 0.25) is 5.02 Å². The standard InChI is InChI=1S/C21H19ClFN/c1-21(2,3)20-13-14(8-9-24-20)15-10-16(12-17(23)11-15)18-6-4-5-7-19(18)22/h4-13H,1-3H3. The third-order valence-corrected chi connectivity index (χ3v) is 4.27. The number of nitrogens with zero attached hydrogens (tertiary/aromatic N) is 1. The van der Waals surface area contributed by atoms with Gasteiger partial charge in [0.15, 0.2) is 0 Å². The van der Waals surface area contributed by atoms with Crippen molar-refractivity contribution in [3.63, 3.8) is 0 Å². The highest BCUT2D eigenvalue weighted by Gasteiger charge is 2.16. The summed E-state index contributed by atoms with van der Waals surface area (Å²) in [4.78, 5) is 4.44. The first-order valence-electron chi connectivity index (χ1n) is 7.87. The highest BCUT2D eigenvalue weighted by atomic mass is 35.5. The van der Waals surface area contributed by atoms with E-state index in [4.69, 9.17) is 11.6 Å². The number of hydrogen-bond acceptors (Lipinski definition) is 1. The van der Waals surface area contributed by atoms with Gasteiger partial charge in [-0.3, -0.25) is 4.98 Å². The molecule has 0 spiro atoms. The van der Waals surface area contributed by atoms with E-state index in [0.29, 0.717) is 5.02 Å². The van der Waals surface area contributed by atoms with E-state index in [2.05, 4.69) is 25.8 Å². The second-order valence-electron chi connectivity index (χ2n) is 6.89. The molecule has 0 bridgehead atoms. The van der Waals surface area contributed by atoms with Crippen molar-refractivity contribution in [3.05, 3.63) is 77.3 Å². The zero-order valence-electron chi connectivity index (χ0n) is 14.0. The largest absolute Gasteiger partial charge is 0.261 e. The number of aromatic nitrogens is 1. The van der Waals surface area contributed by atoms with E-state index >= 15 is 0 Å². The minimum Gasteiger partial charge on any atom is -0.261 e. The molecule has 24 heavy (non-hydrogen) atoms. The van der Waals surface area contributed by atoms with Gasteiger partial charge in [0.25, 0.3) is 0 Å². The summed E-state index contributed by atoms with van der Waals surface area (Å²) in [7, 11) is 0. The molecule has 1 aromatic heterocycles. The molecule has 1 nitrogen and oxygen atoms in total. The molecule has 0 N–H and O–H groups in total. The Kier molecular flexibility index (Phi) is 4.42. The smallest absolute Gasteiger partial charge is 0.124 e. The minimum absolute atomic E-state index is 0.0606. The van der Waals surface area contributed by atoms with E-state index in [0.717, 1.165) is 27.9 Å².